The maximum atomic E-state index is 12.8. The molecule has 2 aromatic rings. The Kier molecular flexibility index (Phi) is 4.46. The summed E-state index contributed by atoms with van der Waals surface area (Å²) in [4.78, 5) is 14.7. The smallest absolute Gasteiger partial charge is 0.255 e. The van der Waals surface area contributed by atoms with E-state index in [2.05, 4.69) is 0 Å². The lowest BCUT2D eigenvalue weighted by atomic mass is 10.0. The van der Waals surface area contributed by atoms with Crippen molar-refractivity contribution < 1.29 is 4.79 Å². The molecule has 1 aliphatic rings. The predicted molar refractivity (Wildman–Crippen MR) is 90.0 cm³/mol. The van der Waals surface area contributed by atoms with Gasteiger partial charge in [0.1, 0.15) is 0 Å². The number of halogens is 1. The van der Waals surface area contributed by atoms with Crippen LogP contribution < -0.4 is 5.73 Å². The van der Waals surface area contributed by atoms with Crippen LogP contribution in [0.4, 0.5) is 0 Å². The van der Waals surface area contributed by atoms with Crippen molar-refractivity contribution in [2.24, 2.45) is 5.73 Å². The van der Waals surface area contributed by atoms with Crippen LogP contribution in [0.25, 0.3) is 11.1 Å². The van der Waals surface area contributed by atoms with Crippen molar-refractivity contribution in [1.82, 2.24) is 4.90 Å². The Morgan fingerprint density at radius 3 is 2.68 bits per heavy atom. The number of hydrogen-bond acceptors (Lipinski definition) is 2. The molecule has 3 rings (SSSR count). The van der Waals surface area contributed by atoms with Gasteiger partial charge in [-0.25, -0.2) is 0 Å². The summed E-state index contributed by atoms with van der Waals surface area (Å²) in [5, 5.41) is 0.493. The molecule has 0 spiro atoms. The van der Waals surface area contributed by atoms with Crippen LogP contribution in [0, 0.1) is 0 Å². The third-order valence-corrected chi connectivity index (χ3v) is 4.54. The average Bonchev–Trinajstić information content (AvgIpc) is 3.04. The maximum absolute atomic E-state index is 12.8. The molecule has 0 saturated carbocycles. The lowest BCUT2D eigenvalue weighted by Crippen LogP contribution is -2.40. The van der Waals surface area contributed by atoms with Gasteiger partial charge >= 0.3 is 0 Å². The summed E-state index contributed by atoms with van der Waals surface area (Å²) in [5.74, 6) is -0.0178. The Hall–Kier alpha value is -1.84. The zero-order chi connectivity index (χ0) is 15.5. The molecule has 0 aliphatic carbocycles. The van der Waals surface area contributed by atoms with Gasteiger partial charge in [-0.05, 0) is 36.1 Å². The zero-order valence-corrected chi connectivity index (χ0v) is 13.1. The molecule has 1 aliphatic heterocycles. The van der Waals surface area contributed by atoms with Crippen LogP contribution in [0.1, 0.15) is 23.2 Å². The highest BCUT2D eigenvalue weighted by molar-refractivity contribution is 6.34. The molecule has 1 heterocycles. The minimum atomic E-state index is -0.0178. The lowest BCUT2D eigenvalue weighted by molar-refractivity contribution is 0.0741. The van der Waals surface area contributed by atoms with Gasteiger partial charge in [-0.2, -0.15) is 0 Å². The Bertz CT molecular complexity index is 672. The van der Waals surface area contributed by atoms with Crippen LogP contribution in [0.15, 0.2) is 48.5 Å². The fraction of sp³-hybridized carbons (Fsp3) is 0.278. The SMILES string of the molecule is NCC1CCCN1C(=O)c1cc(-c2ccccc2)ccc1Cl. The third kappa shape index (κ3) is 2.87. The standard InChI is InChI=1S/C18H19ClN2O/c19-17-9-8-14(13-5-2-1-3-6-13)11-16(17)18(22)21-10-4-7-15(21)12-20/h1-3,5-6,8-9,11,15H,4,7,10,12,20H2. The molecule has 1 unspecified atom stereocenters. The van der Waals surface area contributed by atoms with Crippen molar-refractivity contribution in [1.29, 1.82) is 0 Å². The summed E-state index contributed by atoms with van der Waals surface area (Å²) in [7, 11) is 0. The Labute approximate surface area is 135 Å². The summed E-state index contributed by atoms with van der Waals surface area (Å²) in [6.45, 7) is 1.26. The summed E-state index contributed by atoms with van der Waals surface area (Å²) in [6, 6.07) is 15.7. The van der Waals surface area contributed by atoms with Crippen molar-refractivity contribution in [3.05, 3.63) is 59.1 Å². The second-order valence-corrected chi connectivity index (χ2v) is 6.00. The highest BCUT2D eigenvalue weighted by Gasteiger charge is 2.29. The number of benzene rings is 2. The van der Waals surface area contributed by atoms with Crippen molar-refractivity contribution in [2.75, 3.05) is 13.1 Å². The summed E-state index contributed by atoms with van der Waals surface area (Å²) in [5.41, 5.74) is 8.40. The van der Waals surface area contributed by atoms with Gasteiger partial charge in [0.15, 0.2) is 0 Å². The van der Waals surface area contributed by atoms with Crippen LogP contribution in [0.3, 0.4) is 0 Å². The molecule has 2 aromatic carbocycles. The first-order chi connectivity index (χ1) is 10.7. The van der Waals surface area contributed by atoms with Gasteiger partial charge in [0.25, 0.3) is 5.91 Å². The van der Waals surface area contributed by atoms with Gasteiger partial charge in [0, 0.05) is 19.1 Å². The summed E-state index contributed by atoms with van der Waals surface area (Å²) in [6.07, 6.45) is 1.97. The monoisotopic (exact) mass is 314 g/mol. The predicted octanol–water partition coefficient (Wildman–Crippen LogP) is 3.57. The van der Waals surface area contributed by atoms with Crippen LogP contribution in [-0.2, 0) is 0 Å². The molecule has 1 atom stereocenters. The highest BCUT2D eigenvalue weighted by Crippen LogP contribution is 2.28. The topological polar surface area (TPSA) is 46.3 Å². The fourth-order valence-corrected chi connectivity index (χ4v) is 3.20. The molecule has 3 nitrogen and oxygen atoms in total. The van der Waals surface area contributed by atoms with Crippen LogP contribution in [0.5, 0.6) is 0 Å². The number of amides is 1. The van der Waals surface area contributed by atoms with E-state index in [1.54, 1.807) is 6.07 Å². The molecule has 22 heavy (non-hydrogen) atoms. The average molecular weight is 315 g/mol. The molecule has 0 radical (unpaired) electrons. The number of carbonyl (C=O) groups is 1. The van der Waals surface area contributed by atoms with Gasteiger partial charge in [-0.1, -0.05) is 48.0 Å². The second kappa shape index (κ2) is 6.51. The summed E-state index contributed by atoms with van der Waals surface area (Å²) < 4.78 is 0. The number of hydrogen-bond donors (Lipinski definition) is 1. The van der Waals surface area contributed by atoms with Crippen molar-refractivity contribution in [3.63, 3.8) is 0 Å². The Balaban J connectivity index is 1.95. The minimum absolute atomic E-state index is 0.0178. The number of likely N-dealkylation sites (tertiary alicyclic amines) is 1. The second-order valence-electron chi connectivity index (χ2n) is 5.59. The molecule has 1 fully saturated rings. The highest BCUT2D eigenvalue weighted by atomic mass is 35.5. The maximum Gasteiger partial charge on any atom is 0.255 e. The molecule has 1 amide bonds. The number of nitrogens with two attached hydrogens (primary N) is 1. The molecule has 0 bridgehead atoms. The van der Waals surface area contributed by atoms with E-state index in [-0.39, 0.29) is 11.9 Å². The van der Waals surface area contributed by atoms with Gasteiger partial charge < -0.3 is 10.6 Å². The van der Waals surface area contributed by atoms with Crippen molar-refractivity contribution in [3.8, 4) is 11.1 Å². The van der Waals surface area contributed by atoms with E-state index in [0.29, 0.717) is 17.1 Å². The van der Waals surface area contributed by atoms with E-state index < -0.39 is 0 Å². The van der Waals surface area contributed by atoms with E-state index in [1.165, 1.54) is 0 Å². The van der Waals surface area contributed by atoms with Crippen LogP contribution in [0.2, 0.25) is 5.02 Å². The first-order valence-corrected chi connectivity index (χ1v) is 7.94. The molecular formula is C18H19ClN2O. The summed E-state index contributed by atoms with van der Waals surface area (Å²) >= 11 is 6.27. The third-order valence-electron chi connectivity index (χ3n) is 4.21. The van der Waals surface area contributed by atoms with Crippen LogP contribution in [-0.4, -0.2) is 29.9 Å². The molecular weight excluding hydrogens is 296 g/mol. The first kappa shape index (κ1) is 15.1. The van der Waals surface area contributed by atoms with Gasteiger partial charge in [-0.15, -0.1) is 0 Å². The van der Waals surface area contributed by atoms with E-state index in [1.807, 2.05) is 47.4 Å². The lowest BCUT2D eigenvalue weighted by Gasteiger charge is -2.24. The molecule has 0 aromatic heterocycles. The molecule has 1 saturated heterocycles. The largest absolute Gasteiger partial charge is 0.334 e. The Morgan fingerprint density at radius 2 is 1.95 bits per heavy atom. The quantitative estimate of drug-likeness (QED) is 0.941. The normalized spacial score (nSPS) is 17.7. The molecule has 114 valence electrons. The number of nitrogens with zero attached hydrogens (tertiary/aromatic N) is 1. The van der Waals surface area contributed by atoms with E-state index in [9.17, 15) is 4.79 Å². The molecule has 2 N–H and O–H groups in total. The first-order valence-electron chi connectivity index (χ1n) is 7.56. The van der Waals surface area contributed by atoms with Gasteiger partial charge in [-0.3, -0.25) is 4.79 Å². The van der Waals surface area contributed by atoms with Gasteiger partial charge in [0.2, 0.25) is 0 Å². The van der Waals surface area contributed by atoms with Gasteiger partial charge in [0.05, 0.1) is 10.6 Å². The van der Waals surface area contributed by atoms with Crippen LogP contribution >= 0.6 is 11.6 Å². The minimum Gasteiger partial charge on any atom is -0.334 e. The Morgan fingerprint density at radius 1 is 1.18 bits per heavy atom. The van der Waals surface area contributed by atoms with E-state index >= 15 is 0 Å². The fourth-order valence-electron chi connectivity index (χ4n) is 3.00. The van der Waals surface area contributed by atoms with Crippen molar-refractivity contribution in [2.45, 2.75) is 18.9 Å². The molecule has 4 heteroatoms. The zero-order valence-electron chi connectivity index (χ0n) is 12.3. The van der Waals surface area contributed by atoms with E-state index in [4.69, 9.17) is 17.3 Å². The number of carbonyl (C=O) groups excluding carboxylic acids is 1. The van der Waals surface area contributed by atoms with Crippen molar-refractivity contribution >= 4 is 17.5 Å². The van der Waals surface area contributed by atoms with E-state index in [0.717, 1.165) is 30.5 Å². The number of rotatable bonds is 3.